The summed E-state index contributed by atoms with van der Waals surface area (Å²) in [5.74, 6) is -0.159. The van der Waals surface area contributed by atoms with Gasteiger partial charge in [-0.25, -0.2) is 4.39 Å². The summed E-state index contributed by atoms with van der Waals surface area (Å²) in [5, 5.41) is 3.92. The molecule has 0 bridgehead atoms. The van der Waals surface area contributed by atoms with Gasteiger partial charge in [0.2, 0.25) is 0 Å². The smallest absolute Gasteiger partial charge is 0.126 e. The van der Waals surface area contributed by atoms with Crippen LogP contribution in [-0.4, -0.2) is 13.1 Å². The molecule has 0 radical (unpaired) electrons. The summed E-state index contributed by atoms with van der Waals surface area (Å²) >= 11 is 5.98. The molecular weight excluding hydrogens is 273 g/mol. The van der Waals surface area contributed by atoms with E-state index < -0.39 is 0 Å². The predicted octanol–water partition coefficient (Wildman–Crippen LogP) is 3.85. The summed E-state index contributed by atoms with van der Waals surface area (Å²) in [5.41, 5.74) is 2.12. The monoisotopic (exact) mass is 289 g/mol. The Morgan fingerprint density at radius 2 is 1.80 bits per heavy atom. The van der Waals surface area contributed by atoms with Crippen LogP contribution in [0.25, 0.3) is 0 Å². The van der Waals surface area contributed by atoms with E-state index in [0.717, 1.165) is 31.5 Å². The molecule has 0 aromatic heterocycles. The van der Waals surface area contributed by atoms with Crippen molar-refractivity contribution in [2.24, 2.45) is 5.41 Å². The molecule has 0 amide bonds. The van der Waals surface area contributed by atoms with Gasteiger partial charge in [0.25, 0.3) is 0 Å². The molecule has 1 aliphatic heterocycles. The van der Waals surface area contributed by atoms with Crippen LogP contribution >= 0.6 is 11.6 Å². The Bertz CT molecular complexity index is 593. The minimum Gasteiger partial charge on any atom is -0.315 e. The van der Waals surface area contributed by atoms with Crippen LogP contribution in [0.1, 0.15) is 11.1 Å². The van der Waals surface area contributed by atoms with E-state index in [9.17, 15) is 4.39 Å². The van der Waals surface area contributed by atoms with Gasteiger partial charge in [-0.05, 0) is 42.2 Å². The van der Waals surface area contributed by atoms with Gasteiger partial charge in [0.15, 0.2) is 0 Å². The van der Waals surface area contributed by atoms with E-state index in [1.54, 1.807) is 12.1 Å². The molecule has 0 spiro atoms. The number of benzene rings is 2. The molecule has 3 heteroatoms. The molecule has 1 aliphatic rings. The number of hydrogen-bond acceptors (Lipinski definition) is 1. The summed E-state index contributed by atoms with van der Waals surface area (Å²) in [6.07, 6.45) is 1.69. The maximum absolute atomic E-state index is 13.9. The fourth-order valence-corrected chi connectivity index (χ4v) is 3.10. The molecule has 1 saturated heterocycles. The molecule has 0 unspecified atom stereocenters. The highest BCUT2D eigenvalue weighted by Gasteiger charge is 2.37. The Hall–Kier alpha value is -1.38. The predicted molar refractivity (Wildman–Crippen MR) is 80.6 cm³/mol. The maximum atomic E-state index is 13.9. The van der Waals surface area contributed by atoms with Gasteiger partial charge in [0.05, 0.1) is 0 Å². The van der Waals surface area contributed by atoms with Crippen molar-refractivity contribution in [3.8, 4) is 0 Å². The quantitative estimate of drug-likeness (QED) is 0.901. The van der Waals surface area contributed by atoms with E-state index in [0.29, 0.717) is 5.02 Å². The molecule has 20 heavy (non-hydrogen) atoms. The van der Waals surface area contributed by atoms with Gasteiger partial charge in [0, 0.05) is 23.5 Å². The fourth-order valence-electron chi connectivity index (χ4n) is 2.90. The molecule has 2 aromatic rings. The van der Waals surface area contributed by atoms with Crippen LogP contribution in [0.15, 0.2) is 48.5 Å². The zero-order valence-corrected chi connectivity index (χ0v) is 12.0. The van der Waals surface area contributed by atoms with Crippen LogP contribution in [0.4, 0.5) is 4.39 Å². The molecule has 1 fully saturated rings. The van der Waals surface area contributed by atoms with Gasteiger partial charge in [-0.2, -0.15) is 0 Å². The number of nitrogens with one attached hydrogen (secondary N) is 1. The summed E-state index contributed by atoms with van der Waals surface area (Å²) in [7, 11) is 0. The topological polar surface area (TPSA) is 12.0 Å². The van der Waals surface area contributed by atoms with E-state index in [1.165, 1.54) is 11.6 Å². The first-order valence-electron chi connectivity index (χ1n) is 6.86. The Balaban J connectivity index is 1.81. The second-order valence-corrected chi connectivity index (χ2v) is 6.11. The standard InChI is InChI=1S/C17H17ClFN/c18-15-6-7-16(19)14(8-15)10-17(11-20-12-17)9-13-4-2-1-3-5-13/h1-8,20H,9-12H2. The summed E-state index contributed by atoms with van der Waals surface area (Å²) in [6.45, 7) is 1.85. The molecule has 104 valence electrons. The van der Waals surface area contributed by atoms with E-state index in [2.05, 4.69) is 29.6 Å². The first-order chi connectivity index (χ1) is 9.67. The highest BCUT2D eigenvalue weighted by Crippen LogP contribution is 2.33. The first-order valence-corrected chi connectivity index (χ1v) is 7.23. The fraction of sp³-hybridized carbons (Fsp3) is 0.294. The summed E-state index contributed by atoms with van der Waals surface area (Å²) in [4.78, 5) is 0. The summed E-state index contributed by atoms with van der Waals surface area (Å²) < 4.78 is 13.9. The summed E-state index contributed by atoms with van der Waals surface area (Å²) in [6, 6.07) is 15.2. The molecule has 0 atom stereocenters. The molecule has 1 nitrogen and oxygen atoms in total. The SMILES string of the molecule is Fc1ccc(Cl)cc1CC1(Cc2ccccc2)CNC1. The molecule has 3 rings (SSSR count). The molecular formula is C17H17ClFN. The van der Waals surface area contributed by atoms with Crippen molar-refractivity contribution in [1.29, 1.82) is 0 Å². The lowest BCUT2D eigenvalue weighted by molar-refractivity contribution is 0.165. The van der Waals surface area contributed by atoms with Gasteiger partial charge < -0.3 is 5.32 Å². The third kappa shape index (κ3) is 2.87. The Kier molecular flexibility index (Phi) is 3.77. The minimum atomic E-state index is -0.159. The maximum Gasteiger partial charge on any atom is 0.126 e. The zero-order valence-electron chi connectivity index (χ0n) is 11.2. The van der Waals surface area contributed by atoms with Crippen LogP contribution in [0.2, 0.25) is 5.02 Å². The van der Waals surface area contributed by atoms with E-state index >= 15 is 0 Å². The van der Waals surface area contributed by atoms with Crippen molar-refractivity contribution < 1.29 is 4.39 Å². The Morgan fingerprint density at radius 1 is 1.05 bits per heavy atom. The second kappa shape index (κ2) is 5.55. The van der Waals surface area contributed by atoms with Crippen LogP contribution < -0.4 is 5.32 Å². The van der Waals surface area contributed by atoms with Gasteiger partial charge in [-0.1, -0.05) is 41.9 Å². The van der Waals surface area contributed by atoms with Crippen molar-refractivity contribution in [2.75, 3.05) is 13.1 Å². The van der Waals surface area contributed by atoms with Crippen molar-refractivity contribution in [3.63, 3.8) is 0 Å². The molecule has 1 N–H and O–H groups in total. The molecule has 0 saturated carbocycles. The van der Waals surface area contributed by atoms with Crippen molar-refractivity contribution in [2.45, 2.75) is 12.8 Å². The lowest BCUT2D eigenvalue weighted by Crippen LogP contribution is -2.56. The average molecular weight is 290 g/mol. The van der Waals surface area contributed by atoms with Crippen LogP contribution in [0.5, 0.6) is 0 Å². The van der Waals surface area contributed by atoms with E-state index in [4.69, 9.17) is 11.6 Å². The van der Waals surface area contributed by atoms with Crippen LogP contribution in [-0.2, 0) is 12.8 Å². The van der Waals surface area contributed by atoms with Gasteiger partial charge in [-0.3, -0.25) is 0 Å². The molecule has 1 heterocycles. The van der Waals surface area contributed by atoms with E-state index in [-0.39, 0.29) is 11.2 Å². The number of rotatable bonds is 4. The molecule has 0 aliphatic carbocycles. The zero-order chi connectivity index (χ0) is 14.0. The normalized spacial score (nSPS) is 16.7. The molecule has 2 aromatic carbocycles. The Labute approximate surface area is 123 Å². The van der Waals surface area contributed by atoms with Crippen LogP contribution in [0.3, 0.4) is 0 Å². The number of hydrogen-bond donors (Lipinski definition) is 1. The Morgan fingerprint density at radius 3 is 2.45 bits per heavy atom. The largest absolute Gasteiger partial charge is 0.315 e. The number of halogens is 2. The van der Waals surface area contributed by atoms with Crippen molar-refractivity contribution in [1.82, 2.24) is 5.32 Å². The highest BCUT2D eigenvalue weighted by molar-refractivity contribution is 6.30. The van der Waals surface area contributed by atoms with Crippen LogP contribution in [0, 0.1) is 11.2 Å². The average Bonchev–Trinajstić information content (AvgIpc) is 2.41. The van der Waals surface area contributed by atoms with Gasteiger partial charge in [0.1, 0.15) is 5.82 Å². The van der Waals surface area contributed by atoms with Gasteiger partial charge >= 0.3 is 0 Å². The lowest BCUT2D eigenvalue weighted by Gasteiger charge is -2.43. The van der Waals surface area contributed by atoms with E-state index in [1.807, 2.05) is 6.07 Å². The minimum absolute atomic E-state index is 0.104. The van der Waals surface area contributed by atoms with Crippen molar-refractivity contribution in [3.05, 3.63) is 70.5 Å². The third-order valence-electron chi connectivity index (χ3n) is 4.00. The highest BCUT2D eigenvalue weighted by atomic mass is 35.5. The second-order valence-electron chi connectivity index (χ2n) is 5.68. The van der Waals surface area contributed by atoms with Crippen molar-refractivity contribution >= 4 is 11.6 Å². The lowest BCUT2D eigenvalue weighted by atomic mass is 9.72. The first kappa shape index (κ1) is 13.6. The van der Waals surface area contributed by atoms with Gasteiger partial charge in [-0.15, -0.1) is 0 Å². The third-order valence-corrected chi connectivity index (χ3v) is 4.23.